The molecule has 132 valence electrons. The van der Waals surface area contributed by atoms with E-state index in [0.29, 0.717) is 5.92 Å². The standard InChI is InChI=1S/C18H29N5S/c1-7-15-8-9-16(24-15)10-20-18(19-4)22(5)11-14-12-23(6)21-17(14)13(2)3/h8-9,12-13H,7,10-11H2,1-6H3,(H,19,20). The minimum Gasteiger partial charge on any atom is -0.351 e. The van der Waals surface area contributed by atoms with Crippen LogP contribution in [0, 0.1) is 0 Å². The fourth-order valence-corrected chi connectivity index (χ4v) is 3.65. The van der Waals surface area contributed by atoms with Gasteiger partial charge in [-0.25, -0.2) is 0 Å². The smallest absolute Gasteiger partial charge is 0.193 e. The van der Waals surface area contributed by atoms with Gasteiger partial charge in [0, 0.05) is 49.2 Å². The maximum absolute atomic E-state index is 4.59. The quantitative estimate of drug-likeness (QED) is 0.644. The molecule has 0 atom stereocenters. The number of aliphatic imine (C=N–C) groups is 1. The van der Waals surface area contributed by atoms with Gasteiger partial charge in [0.05, 0.1) is 12.2 Å². The van der Waals surface area contributed by atoms with Crippen LogP contribution in [-0.2, 0) is 26.6 Å². The molecule has 5 nitrogen and oxygen atoms in total. The number of aryl methyl sites for hydroxylation is 2. The molecule has 2 aromatic heterocycles. The lowest BCUT2D eigenvalue weighted by molar-refractivity contribution is 0.473. The maximum atomic E-state index is 4.59. The molecule has 0 saturated carbocycles. The molecule has 2 heterocycles. The third-order valence-corrected chi connectivity index (χ3v) is 5.18. The lowest BCUT2D eigenvalue weighted by Crippen LogP contribution is -2.38. The van der Waals surface area contributed by atoms with Crippen molar-refractivity contribution in [3.8, 4) is 0 Å². The summed E-state index contributed by atoms with van der Waals surface area (Å²) in [4.78, 5) is 9.33. The maximum Gasteiger partial charge on any atom is 0.193 e. The molecule has 2 rings (SSSR count). The predicted molar refractivity (Wildman–Crippen MR) is 103 cm³/mol. The van der Waals surface area contributed by atoms with E-state index in [4.69, 9.17) is 0 Å². The first-order chi connectivity index (χ1) is 11.4. The first-order valence-corrected chi connectivity index (χ1v) is 9.28. The normalized spacial score (nSPS) is 12.0. The van der Waals surface area contributed by atoms with Crippen LogP contribution < -0.4 is 5.32 Å². The van der Waals surface area contributed by atoms with Gasteiger partial charge in [-0.15, -0.1) is 11.3 Å². The van der Waals surface area contributed by atoms with Crippen LogP contribution in [-0.4, -0.2) is 34.7 Å². The van der Waals surface area contributed by atoms with Crippen LogP contribution in [0.3, 0.4) is 0 Å². The first-order valence-electron chi connectivity index (χ1n) is 8.46. The number of rotatable bonds is 6. The van der Waals surface area contributed by atoms with Gasteiger partial charge in [0.2, 0.25) is 0 Å². The molecule has 0 aliphatic rings. The third-order valence-electron chi connectivity index (χ3n) is 3.95. The molecule has 0 amide bonds. The Labute approximate surface area is 149 Å². The average Bonchev–Trinajstić information content (AvgIpc) is 3.14. The zero-order valence-corrected chi connectivity index (χ0v) is 16.4. The van der Waals surface area contributed by atoms with Crippen molar-refractivity contribution in [1.29, 1.82) is 0 Å². The molecular formula is C18H29N5S. The summed E-state index contributed by atoms with van der Waals surface area (Å²) in [6.45, 7) is 8.16. The summed E-state index contributed by atoms with van der Waals surface area (Å²) in [6, 6.07) is 4.40. The van der Waals surface area contributed by atoms with Crippen LogP contribution in [0.5, 0.6) is 0 Å². The van der Waals surface area contributed by atoms with E-state index >= 15 is 0 Å². The Balaban J connectivity index is 2.00. The van der Waals surface area contributed by atoms with Gasteiger partial charge in [-0.2, -0.15) is 5.10 Å². The highest BCUT2D eigenvalue weighted by atomic mass is 32.1. The Kier molecular flexibility index (Phi) is 6.43. The molecule has 24 heavy (non-hydrogen) atoms. The number of nitrogens with one attached hydrogen (secondary N) is 1. The molecule has 0 unspecified atom stereocenters. The minimum absolute atomic E-state index is 0.420. The molecule has 0 aliphatic heterocycles. The van der Waals surface area contributed by atoms with Crippen molar-refractivity contribution in [3.05, 3.63) is 39.3 Å². The van der Waals surface area contributed by atoms with Gasteiger partial charge in [-0.05, 0) is 24.5 Å². The molecule has 2 aromatic rings. The summed E-state index contributed by atoms with van der Waals surface area (Å²) in [5, 5.41) is 8.04. The van der Waals surface area contributed by atoms with Crippen molar-refractivity contribution >= 4 is 17.3 Å². The number of hydrogen-bond donors (Lipinski definition) is 1. The van der Waals surface area contributed by atoms with E-state index in [9.17, 15) is 0 Å². The monoisotopic (exact) mass is 347 g/mol. The Bertz CT molecular complexity index is 683. The van der Waals surface area contributed by atoms with Crippen molar-refractivity contribution in [3.63, 3.8) is 0 Å². The van der Waals surface area contributed by atoms with E-state index in [1.807, 2.05) is 30.1 Å². The van der Waals surface area contributed by atoms with Gasteiger partial charge >= 0.3 is 0 Å². The van der Waals surface area contributed by atoms with Gasteiger partial charge in [0.15, 0.2) is 5.96 Å². The molecule has 0 bridgehead atoms. The van der Waals surface area contributed by atoms with Crippen LogP contribution in [0.2, 0.25) is 0 Å². The van der Waals surface area contributed by atoms with Crippen molar-refractivity contribution < 1.29 is 0 Å². The van der Waals surface area contributed by atoms with Gasteiger partial charge in [0.25, 0.3) is 0 Å². The Morgan fingerprint density at radius 2 is 2.08 bits per heavy atom. The molecule has 0 aliphatic carbocycles. The Morgan fingerprint density at radius 1 is 1.38 bits per heavy atom. The summed E-state index contributed by atoms with van der Waals surface area (Å²) >= 11 is 1.86. The highest BCUT2D eigenvalue weighted by molar-refractivity contribution is 7.11. The number of hydrogen-bond acceptors (Lipinski definition) is 3. The molecule has 0 spiro atoms. The molecule has 1 N–H and O–H groups in total. The van der Waals surface area contributed by atoms with Crippen LogP contribution in [0.1, 0.15) is 47.7 Å². The van der Waals surface area contributed by atoms with E-state index in [-0.39, 0.29) is 0 Å². The van der Waals surface area contributed by atoms with E-state index in [1.165, 1.54) is 15.3 Å². The van der Waals surface area contributed by atoms with Gasteiger partial charge < -0.3 is 10.2 Å². The second-order valence-electron chi connectivity index (χ2n) is 6.35. The van der Waals surface area contributed by atoms with E-state index in [0.717, 1.165) is 31.2 Å². The minimum atomic E-state index is 0.420. The van der Waals surface area contributed by atoms with Crippen LogP contribution in [0.4, 0.5) is 0 Å². The third kappa shape index (κ3) is 4.60. The summed E-state index contributed by atoms with van der Waals surface area (Å²) in [5.41, 5.74) is 2.41. The number of aromatic nitrogens is 2. The van der Waals surface area contributed by atoms with Crippen LogP contribution in [0.15, 0.2) is 23.3 Å². The molecule has 6 heteroatoms. The fraction of sp³-hybridized carbons (Fsp3) is 0.556. The SMILES string of the molecule is CCc1ccc(CNC(=NC)N(C)Cc2cn(C)nc2C(C)C)s1. The van der Waals surface area contributed by atoms with Crippen LogP contribution >= 0.6 is 11.3 Å². The van der Waals surface area contributed by atoms with E-state index < -0.39 is 0 Å². The topological polar surface area (TPSA) is 45.5 Å². The molecule has 0 saturated heterocycles. The number of guanidine groups is 1. The first kappa shape index (κ1) is 18.5. The molecule has 0 aromatic carbocycles. The van der Waals surface area contributed by atoms with Gasteiger partial charge in [-0.1, -0.05) is 20.8 Å². The van der Waals surface area contributed by atoms with E-state index in [2.05, 4.69) is 66.5 Å². The molecule has 0 fully saturated rings. The van der Waals surface area contributed by atoms with Gasteiger partial charge in [-0.3, -0.25) is 9.67 Å². The fourth-order valence-electron chi connectivity index (χ4n) is 2.75. The summed E-state index contributed by atoms with van der Waals surface area (Å²) < 4.78 is 1.90. The zero-order valence-electron chi connectivity index (χ0n) is 15.6. The van der Waals surface area contributed by atoms with Crippen LogP contribution in [0.25, 0.3) is 0 Å². The second kappa shape index (κ2) is 8.33. The lowest BCUT2D eigenvalue weighted by Gasteiger charge is -2.22. The summed E-state index contributed by atoms with van der Waals surface area (Å²) in [5.74, 6) is 1.32. The highest BCUT2D eigenvalue weighted by Gasteiger charge is 2.15. The second-order valence-corrected chi connectivity index (χ2v) is 7.60. The largest absolute Gasteiger partial charge is 0.351 e. The summed E-state index contributed by atoms with van der Waals surface area (Å²) in [7, 11) is 5.88. The van der Waals surface area contributed by atoms with E-state index in [1.54, 1.807) is 0 Å². The summed E-state index contributed by atoms with van der Waals surface area (Å²) in [6.07, 6.45) is 3.20. The zero-order chi connectivity index (χ0) is 17.7. The molecule has 0 radical (unpaired) electrons. The van der Waals surface area contributed by atoms with Crippen molar-refractivity contribution in [2.75, 3.05) is 14.1 Å². The lowest BCUT2D eigenvalue weighted by atomic mass is 10.1. The predicted octanol–water partition coefficient (Wildman–Crippen LogP) is 3.37. The van der Waals surface area contributed by atoms with Crippen molar-refractivity contribution in [2.24, 2.45) is 12.0 Å². The van der Waals surface area contributed by atoms with Gasteiger partial charge in [0.1, 0.15) is 0 Å². The van der Waals surface area contributed by atoms with Crippen molar-refractivity contribution in [1.82, 2.24) is 20.0 Å². The number of thiophene rings is 1. The molecular weight excluding hydrogens is 318 g/mol. The average molecular weight is 348 g/mol. The number of nitrogens with zero attached hydrogens (tertiary/aromatic N) is 4. The van der Waals surface area contributed by atoms with Crippen molar-refractivity contribution in [2.45, 2.75) is 46.2 Å². The Morgan fingerprint density at radius 3 is 2.67 bits per heavy atom. The Hall–Kier alpha value is -1.82. The highest BCUT2D eigenvalue weighted by Crippen LogP contribution is 2.19.